The van der Waals surface area contributed by atoms with Gasteiger partial charge in [-0.3, -0.25) is 19.2 Å². The molecule has 0 radical (unpaired) electrons. The van der Waals surface area contributed by atoms with E-state index in [1.54, 1.807) is 13.8 Å². The zero-order valence-corrected chi connectivity index (χ0v) is 13.9. The summed E-state index contributed by atoms with van der Waals surface area (Å²) in [5.74, 6) is -1.79. The summed E-state index contributed by atoms with van der Waals surface area (Å²) >= 11 is 0. The van der Waals surface area contributed by atoms with Gasteiger partial charge in [-0.15, -0.1) is 0 Å². The molecule has 0 aromatic carbocycles. The summed E-state index contributed by atoms with van der Waals surface area (Å²) in [4.78, 5) is 50.7. The first-order valence-electron chi connectivity index (χ1n) is 7.65. The van der Waals surface area contributed by atoms with Crippen molar-refractivity contribution < 1.29 is 33.5 Å². The average Bonchev–Trinajstić information content (AvgIpc) is 2.76. The molecule has 130 valence electrons. The Morgan fingerprint density at radius 1 is 1.00 bits per heavy atom. The predicted molar refractivity (Wildman–Crippen MR) is 77.4 cm³/mol. The van der Waals surface area contributed by atoms with E-state index in [2.05, 4.69) is 4.84 Å². The Balaban J connectivity index is 2.59. The minimum atomic E-state index is -1.25. The summed E-state index contributed by atoms with van der Waals surface area (Å²) in [6, 6.07) is 0. The molecule has 8 heteroatoms. The number of hydrogen-bond donors (Lipinski definition) is 0. The van der Waals surface area contributed by atoms with Crippen molar-refractivity contribution in [2.24, 2.45) is 11.8 Å². The Morgan fingerprint density at radius 3 is 2.04 bits per heavy atom. The minimum absolute atomic E-state index is 0.00870. The van der Waals surface area contributed by atoms with Crippen LogP contribution in [0, 0.1) is 11.8 Å². The van der Waals surface area contributed by atoms with Gasteiger partial charge in [-0.1, -0.05) is 32.8 Å². The lowest BCUT2D eigenvalue weighted by atomic mass is 10.1. The first-order chi connectivity index (χ1) is 10.7. The fraction of sp³-hybridized carbons (Fsp3) is 0.733. The largest absolute Gasteiger partial charge is 0.537 e. The molecule has 0 saturated carbocycles. The lowest BCUT2D eigenvalue weighted by Gasteiger charge is -2.20. The van der Waals surface area contributed by atoms with E-state index in [1.807, 2.05) is 13.8 Å². The number of amides is 2. The van der Waals surface area contributed by atoms with Crippen LogP contribution in [-0.2, 0) is 28.7 Å². The highest BCUT2D eigenvalue weighted by atomic mass is 16.9. The molecule has 1 fully saturated rings. The van der Waals surface area contributed by atoms with Crippen LogP contribution in [-0.4, -0.2) is 35.3 Å². The Hall–Kier alpha value is -2.12. The van der Waals surface area contributed by atoms with Crippen LogP contribution in [0.1, 0.15) is 53.4 Å². The van der Waals surface area contributed by atoms with Crippen molar-refractivity contribution in [2.75, 3.05) is 0 Å². The zero-order chi connectivity index (χ0) is 17.6. The molecule has 2 amide bonds. The molecule has 0 bridgehead atoms. The maximum absolute atomic E-state index is 11.7. The van der Waals surface area contributed by atoms with Gasteiger partial charge in [0.1, 0.15) is 0 Å². The van der Waals surface area contributed by atoms with Gasteiger partial charge in [0, 0.05) is 19.3 Å². The molecular formula is C15H23NO7. The third kappa shape index (κ3) is 6.25. The number of hydrogen-bond acceptors (Lipinski definition) is 7. The van der Waals surface area contributed by atoms with E-state index in [1.165, 1.54) is 0 Å². The van der Waals surface area contributed by atoms with Crippen LogP contribution >= 0.6 is 0 Å². The molecule has 0 N–H and O–H groups in total. The average molecular weight is 329 g/mol. The fourth-order valence-electron chi connectivity index (χ4n) is 1.74. The van der Waals surface area contributed by atoms with Gasteiger partial charge in [0.15, 0.2) is 0 Å². The zero-order valence-electron chi connectivity index (χ0n) is 13.9. The number of carbonyl (C=O) groups excluding carboxylic acids is 4. The van der Waals surface area contributed by atoms with Crippen LogP contribution in [0.4, 0.5) is 4.79 Å². The molecule has 8 nitrogen and oxygen atoms in total. The predicted octanol–water partition coefficient (Wildman–Crippen LogP) is 2.17. The summed E-state index contributed by atoms with van der Waals surface area (Å²) in [6.07, 6.45) is -1.43. The van der Waals surface area contributed by atoms with E-state index in [0.29, 0.717) is 23.8 Å². The Kier molecular flexibility index (Phi) is 6.99. The number of carbonyl (C=O) groups is 4. The van der Waals surface area contributed by atoms with Crippen molar-refractivity contribution in [1.29, 1.82) is 0 Å². The number of imide groups is 1. The van der Waals surface area contributed by atoms with Crippen molar-refractivity contribution in [1.82, 2.24) is 5.06 Å². The monoisotopic (exact) mass is 329 g/mol. The van der Waals surface area contributed by atoms with E-state index < -0.39 is 30.2 Å². The van der Waals surface area contributed by atoms with Crippen LogP contribution in [0.5, 0.6) is 0 Å². The molecule has 1 atom stereocenters. The molecular weight excluding hydrogens is 306 g/mol. The second kappa shape index (κ2) is 8.50. The second-order valence-corrected chi connectivity index (χ2v) is 6.03. The molecule has 23 heavy (non-hydrogen) atoms. The highest BCUT2D eigenvalue weighted by Gasteiger charge is 2.34. The quantitative estimate of drug-likeness (QED) is 0.401. The normalized spacial score (nSPS) is 16.0. The Bertz CT molecular complexity index is 456. The molecule has 1 heterocycles. The highest BCUT2D eigenvalue weighted by molar-refractivity contribution is 6.01. The van der Waals surface area contributed by atoms with Gasteiger partial charge in [-0.25, -0.2) is 4.79 Å². The summed E-state index contributed by atoms with van der Waals surface area (Å²) in [6.45, 7) is 7.26. The molecule has 1 saturated heterocycles. The number of rotatable bonds is 7. The topological polar surface area (TPSA) is 99.2 Å². The van der Waals surface area contributed by atoms with Gasteiger partial charge in [0.2, 0.25) is 0 Å². The Labute approximate surface area is 135 Å². The Morgan fingerprint density at radius 2 is 1.57 bits per heavy atom. The number of esters is 1. The van der Waals surface area contributed by atoms with Crippen molar-refractivity contribution in [2.45, 2.75) is 59.7 Å². The van der Waals surface area contributed by atoms with Gasteiger partial charge < -0.3 is 9.47 Å². The smallest absolute Gasteiger partial charge is 0.425 e. The summed E-state index contributed by atoms with van der Waals surface area (Å²) in [7, 11) is 0. The molecule has 0 aliphatic carbocycles. The molecule has 0 aromatic rings. The highest BCUT2D eigenvalue weighted by Crippen LogP contribution is 2.16. The summed E-state index contributed by atoms with van der Waals surface area (Å²) < 4.78 is 10.0. The lowest BCUT2D eigenvalue weighted by molar-refractivity contribution is -0.196. The van der Waals surface area contributed by atoms with Gasteiger partial charge in [0.25, 0.3) is 18.1 Å². The number of ether oxygens (including phenoxy) is 2. The maximum atomic E-state index is 11.7. The van der Waals surface area contributed by atoms with Gasteiger partial charge in [-0.05, 0) is 12.3 Å². The minimum Gasteiger partial charge on any atom is -0.425 e. The van der Waals surface area contributed by atoms with Gasteiger partial charge in [-0.2, -0.15) is 0 Å². The third-order valence-electron chi connectivity index (χ3n) is 3.10. The fourth-order valence-corrected chi connectivity index (χ4v) is 1.74. The van der Waals surface area contributed by atoms with E-state index >= 15 is 0 Å². The molecule has 0 spiro atoms. The van der Waals surface area contributed by atoms with E-state index in [-0.39, 0.29) is 18.8 Å². The summed E-state index contributed by atoms with van der Waals surface area (Å²) in [5, 5.41) is 0.381. The third-order valence-corrected chi connectivity index (χ3v) is 3.10. The van der Waals surface area contributed by atoms with E-state index in [9.17, 15) is 19.2 Å². The second-order valence-electron chi connectivity index (χ2n) is 6.03. The molecule has 1 aliphatic rings. The molecule has 1 rings (SSSR count). The lowest BCUT2D eigenvalue weighted by Crippen LogP contribution is -2.35. The first kappa shape index (κ1) is 18.9. The molecule has 1 unspecified atom stereocenters. The van der Waals surface area contributed by atoms with Crippen molar-refractivity contribution in [3.8, 4) is 0 Å². The van der Waals surface area contributed by atoms with E-state index in [4.69, 9.17) is 9.47 Å². The van der Waals surface area contributed by atoms with E-state index in [0.717, 1.165) is 0 Å². The van der Waals surface area contributed by atoms with Crippen LogP contribution in [0.2, 0.25) is 0 Å². The summed E-state index contributed by atoms with van der Waals surface area (Å²) in [5.41, 5.74) is 0. The first-order valence-corrected chi connectivity index (χ1v) is 7.65. The van der Waals surface area contributed by atoms with Gasteiger partial charge >= 0.3 is 12.1 Å². The van der Waals surface area contributed by atoms with Crippen LogP contribution in [0.15, 0.2) is 0 Å². The SMILES string of the molecule is CC(C)CCC(OC(=O)ON1C(=O)CCC1=O)OC(=O)C(C)C. The number of hydroxylamine groups is 2. The maximum Gasteiger partial charge on any atom is 0.537 e. The van der Waals surface area contributed by atoms with Crippen molar-refractivity contribution in [3.63, 3.8) is 0 Å². The molecule has 0 aromatic heterocycles. The van der Waals surface area contributed by atoms with Crippen LogP contribution in [0.25, 0.3) is 0 Å². The van der Waals surface area contributed by atoms with Crippen molar-refractivity contribution in [3.05, 3.63) is 0 Å². The van der Waals surface area contributed by atoms with Crippen LogP contribution < -0.4 is 0 Å². The van der Waals surface area contributed by atoms with Crippen LogP contribution in [0.3, 0.4) is 0 Å². The van der Waals surface area contributed by atoms with Gasteiger partial charge in [0.05, 0.1) is 5.92 Å². The van der Waals surface area contributed by atoms with Crippen molar-refractivity contribution >= 4 is 23.9 Å². The molecule has 1 aliphatic heterocycles. The standard InChI is InChI=1S/C15H23NO7/c1-9(2)5-8-13(21-14(19)10(3)4)22-15(20)23-16-11(17)6-7-12(16)18/h9-10,13H,5-8H2,1-4H3. The number of nitrogens with zero attached hydrogens (tertiary/aromatic N) is 1.